The normalized spacial score (nSPS) is 15.6. The van der Waals surface area contributed by atoms with Gasteiger partial charge in [0.1, 0.15) is 5.82 Å². The van der Waals surface area contributed by atoms with E-state index >= 15 is 0 Å². The molecule has 6 nitrogen and oxygen atoms in total. The number of amides is 2. The molecule has 1 aliphatic heterocycles. The van der Waals surface area contributed by atoms with E-state index in [-0.39, 0.29) is 17.1 Å². The first-order valence-corrected chi connectivity index (χ1v) is 8.93. The third-order valence-corrected chi connectivity index (χ3v) is 4.88. The van der Waals surface area contributed by atoms with Crippen LogP contribution in [0.1, 0.15) is 19.4 Å². The van der Waals surface area contributed by atoms with Gasteiger partial charge in [0.05, 0.1) is 0 Å². The largest absolute Gasteiger partial charge is 0.419 e. The molecule has 0 radical (unpaired) electrons. The number of benzene rings is 2. The van der Waals surface area contributed by atoms with Crippen molar-refractivity contribution in [2.45, 2.75) is 19.3 Å². The van der Waals surface area contributed by atoms with Crippen molar-refractivity contribution in [1.29, 1.82) is 0 Å². The number of aromatic amines is 1. The fraction of sp³-hybridized carbons (Fsp3) is 0.136. The van der Waals surface area contributed by atoms with Crippen molar-refractivity contribution in [3.63, 3.8) is 0 Å². The maximum atomic E-state index is 14.1. The van der Waals surface area contributed by atoms with Crippen LogP contribution in [-0.2, 0) is 14.9 Å². The number of alkyl carbamates (subject to hydrolysis) is 1. The first kappa shape index (κ1) is 18.6. The third-order valence-electron chi connectivity index (χ3n) is 4.88. The predicted molar refractivity (Wildman–Crippen MR) is 106 cm³/mol. The smallest absolute Gasteiger partial charge is 0.404 e. The first-order valence-electron chi connectivity index (χ1n) is 8.93. The van der Waals surface area contributed by atoms with E-state index in [0.717, 1.165) is 5.39 Å². The summed E-state index contributed by atoms with van der Waals surface area (Å²) in [4.78, 5) is 38.4. The Kier molecular flexibility index (Phi) is 4.30. The topological polar surface area (TPSA) is 88.3 Å². The second kappa shape index (κ2) is 6.70. The number of carbonyl (C=O) groups excluding carboxylic acids is 2. The lowest BCUT2D eigenvalue weighted by molar-refractivity contribution is -0.116. The van der Waals surface area contributed by atoms with E-state index in [1.165, 1.54) is 12.1 Å². The number of hydrogen-bond donors (Lipinski definition) is 2. The SMILES string of the molecule is CC(C)(/C=C1\OC(=O)NC1=O)c1ccc(-c2ccc3cccc(F)c3c2)[nH]c1=O. The standard InChI is InChI=1S/C22H17FN2O4/c1-22(2,11-18-20(27)25-21(28)29-18)15-8-9-17(24-19(15)26)13-7-6-12-4-3-5-16(23)14(12)10-13/h3-11H,1-2H3,(H,24,26)(H,25,27,28)/b18-11-. The summed E-state index contributed by atoms with van der Waals surface area (Å²) in [6.45, 7) is 3.46. The minimum Gasteiger partial charge on any atom is -0.404 e. The molecule has 29 heavy (non-hydrogen) atoms. The molecule has 2 aromatic carbocycles. The lowest BCUT2D eigenvalue weighted by atomic mass is 9.84. The highest BCUT2D eigenvalue weighted by atomic mass is 19.1. The number of H-pyrrole nitrogens is 1. The van der Waals surface area contributed by atoms with E-state index in [4.69, 9.17) is 4.74 Å². The number of cyclic esters (lactones) is 1. The molecule has 2 amide bonds. The Hall–Kier alpha value is -3.74. The van der Waals surface area contributed by atoms with E-state index < -0.39 is 17.4 Å². The fourth-order valence-corrected chi connectivity index (χ4v) is 3.38. The highest BCUT2D eigenvalue weighted by Gasteiger charge is 2.31. The monoisotopic (exact) mass is 392 g/mol. The van der Waals surface area contributed by atoms with E-state index in [0.29, 0.717) is 22.2 Å². The van der Waals surface area contributed by atoms with Crippen molar-refractivity contribution >= 4 is 22.8 Å². The highest BCUT2D eigenvalue weighted by Crippen LogP contribution is 2.28. The Balaban J connectivity index is 1.72. The highest BCUT2D eigenvalue weighted by molar-refractivity contribution is 6.07. The number of halogens is 1. The maximum Gasteiger partial charge on any atom is 0.419 e. The fourth-order valence-electron chi connectivity index (χ4n) is 3.38. The van der Waals surface area contributed by atoms with Crippen LogP contribution in [0.2, 0.25) is 0 Å². The van der Waals surface area contributed by atoms with Gasteiger partial charge in [0.25, 0.3) is 11.5 Å². The lowest BCUT2D eigenvalue weighted by Gasteiger charge is -2.20. The molecule has 1 fully saturated rings. The maximum absolute atomic E-state index is 14.1. The lowest BCUT2D eigenvalue weighted by Crippen LogP contribution is -2.27. The van der Waals surface area contributed by atoms with Crippen LogP contribution in [0.15, 0.2) is 65.2 Å². The third kappa shape index (κ3) is 3.42. The molecule has 0 unspecified atom stereocenters. The summed E-state index contributed by atoms with van der Waals surface area (Å²) in [5, 5.41) is 3.26. The molecule has 4 rings (SSSR count). The number of nitrogens with one attached hydrogen (secondary N) is 2. The number of pyridine rings is 1. The number of carbonyl (C=O) groups is 2. The van der Waals surface area contributed by atoms with Gasteiger partial charge in [-0.25, -0.2) is 9.18 Å². The van der Waals surface area contributed by atoms with Gasteiger partial charge in [0.15, 0.2) is 5.76 Å². The number of imide groups is 1. The number of aromatic nitrogens is 1. The molecule has 2 N–H and O–H groups in total. The molecule has 7 heteroatoms. The number of ether oxygens (including phenoxy) is 1. The molecule has 1 saturated heterocycles. The van der Waals surface area contributed by atoms with Crippen LogP contribution in [0.3, 0.4) is 0 Å². The molecule has 1 aromatic heterocycles. The second-order valence-corrected chi connectivity index (χ2v) is 7.36. The van der Waals surface area contributed by atoms with Crippen molar-refractivity contribution in [1.82, 2.24) is 10.3 Å². The van der Waals surface area contributed by atoms with Gasteiger partial charge in [-0.2, -0.15) is 0 Å². The van der Waals surface area contributed by atoms with E-state index in [9.17, 15) is 18.8 Å². The van der Waals surface area contributed by atoms with Crippen LogP contribution in [0.4, 0.5) is 9.18 Å². The molecule has 3 aromatic rings. The molecule has 0 spiro atoms. The molecule has 2 heterocycles. The molecule has 1 aliphatic rings. The van der Waals surface area contributed by atoms with Crippen LogP contribution in [0.5, 0.6) is 0 Å². The van der Waals surface area contributed by atoms with Crippen molar-refractivity contribution < 1.29 is 18.7 Å². The van der Waals surface area contributed by atoms with Crippen LogP contribution in [0, 0.1) is 5.82 Å². The van der Waals surface area contributed by atoms with Gasteiger partial charge in [-0.15, -0.1) is 0 Å². The summed E-state index contributed by atoms with van der Waals surface area (Å²) in [6.07, 6.45) is 0.591. The van der Waals surface area contributed by atoms with Gasteiger partial charge in [-0.3, -0.25) is 14.9 Å². The predicted octanol–water partition coefficient (Wildman–Crippen LogP) is 3.76. The zero-order valence-electron chi connectivity index (χ0n) is 15.7. The van der Waals surface area contributed by atoms with Gasteiger partial charge >= 0.3 is 6.09 Å². The zero-order chi connectivity index (χ0) is 20.8. The van der Waals surface area contributed by atoms with Crippen LogP contribution < -0.4 is 10.9 Å². The summed E-state index contributed by atoms with van der Waals surface area (Å²) in [7, 11) is 0. The van der Waals surface area contributed by atoms with Crippen molar-refractivity contribution in [3.05, 3.63) is 82.1 Å². The second-order valence-electron chi connectivity index (χ2n) is 7.36. The van der Waals surface area contributed by atoms with Crippen molar-refractivity contribution in [3.8, 4) is 11.3 Å². The summed E-state index contributed by atoms with van der Waals surface area (Å²) in [5.41, 5.74) is 0.363. The molecule has 0 saturated carbocycles. The average molecular weight is 392 g/mol. The summed E-state index contributed by atoms with van der Waals surface area (Å²) < 4.78 is 18.9. The Bertz CT molecular complexity index is 1260. The van der Waals surface area contributed by atoms with E-state index in [2.05, 4.69) is 4.98 Å². The van der Waals surface area contributed by atoms with Gasteiger partial charge in [0, 0.05) is 22.1 Å². The number of rotatable bonds is 3. The minimum atomic E-state index is -0.876. The van der Waals surface area contributed by atoms with Gasteiger partial charge in [0.2, 0.25) is 0 Å². The van der Waals surface area contributed by atoms with E-state index in [1.54, 1.807) is 44.2 Å². The Morgan fingerprint density at radius 3 is 2.52 bits per heavy atom. The van der Waals surface area contributed by atoms with Gasteiger partial charge in [-0.05, 0) is 35.2 Å². The average Bonchev–Trinajstić information content (AvgIpc) is 2.97. The molecular weight excluding hydrogens is 375 g/mol. The van der Waals surface area contributed by atoms with Crippen molar-refractivity contribution in [2.75, 3.05) is 0 Å². The van der Waals surface area contributed by atoms with Crippen LogP contribution in [-0.4, -0.2) is 17.0 Å². The number of allylic oxidation sites excluding steroid dienone is 1. The summed E-state index contributed by atoms with van der Waals surface area (Å²) in [6, 6.07) is 13.5. The molecule has 0 aliphatic carbocycles. The van der Waals surface area contributed by atoms with Crippen molar-refractivity contribution in [2.24, 2.45) is 0 Å². The Morgan fingerprint density at radius 1 is 1.03 bits per heavy atom. The van der Waals surface area contributed by atoms with Crippen LogP contribution >= 0.6 is 0 Å². The van der Waals surface area contributed by atoms with Crippen LogP contribution in [0.25, 0.3) is 22.0 Å². The van der Waals surface area contributed by atoms with E-state index in [1.807, 2.05) is 17.4 Å². The Labute approximate surface area is 165 Å². The Morgan fingerprint density at radius 2 is 1.83 bits per heavy atom. The molecular formula is C22H17FN2O4. The first-order chi connectivity index (χ1) is 13.7. The molecule has 146 valence electrons. The quantitative estimate of drug-likeness (QED) is 0.665. The summed E-state index contributed by atoms with van der Waals surface area (Å²) in [5.74, 6) is -1.12. The zero-order valence-corrected chi connectivity index (χ0v) is 15.7. The summed E-state index contributed by atoms with van der Waals surface area (Å²) >= 11 is 0. The number of hydrogen-bond acceptors (Lipinski definition) is 4. The minimum absolute atomic E-state index is 0.145. The molecule has 0 bridgehead atoms. The van der Waals surface area contributed by atoms with Gasteiger partial charge in [-0.1, -0.05) is 44.2 Å². The number of fused-ring (bicyclic) bond motifs is 1. The van der Waals surface area contributed by atoms with Gasteiger partial charge < -0.3 is 9.72 Å². The molecule has 0 atom stereocenters.